The predicted octanol–water partition coefficient (Wildman–Crippen LogP) is 3.10. The van der Waals surface area contributed by atoms with Crippen molar-refractivity contribution in [1.82, 2.24) is 10.3 Å². The average molecular weight is 444 g/mol. The molecule has 2 aromatic rings. The Morgan fingerprint density at radius 3 is 2.52 bits per heavy atom. The van der Waals surface area contributed by atoms with Gasteiger partial charge in [0.25, 0.3) is 0 Å². The van der Waals surface area contributed by atoms with Crippen LogP contribution in [0.5, 0.6) is 17.4 Å². The van der Waals surface area contributed by atoms with Gasteiger partial charge in [-0.05, 0) is 54.7 Å². The van der Waals surface area contributed by atoms with E-state index in [1.165, 1.54) is 0 Å². The van der Waals surface area contributed by atoms with E-state index in [-0.39, 0.29) is 36.6 Å². The molecule has 1 aliphatic rings. The number of hydrogen-bond acceptors (Lipinski definition) is 6. The maximum Gasteiger partial charge on any atom is 0.237 e. The Kier molecular flexibility index (Phi) is 10.8. The van der Waals surface area contributed by atoms with E-state index in [2.05, 4.69) is 10.3 Å². The smallest absolute Gasteiger partial charge is 0.237 e. The molecule has 0 aliphatic carbocycles. The quantitative estimate of drug-likeness (QED) is 0.682. The van der Waals surface area contributed by atoms with Gasteiger partial charge in [0.1, 0.15) is 11.5 Å². The highest BCUT2D eigenvalue weighted by atomic mass is 35.5. The Labute approximate surface area is 183 Å². The Morgan fingerprint density at radius 2 is 1.86 bits per heavy atom. The van der Waals surface area contributed by atoms with E-state index in [0.29, 0.717) is 31.4 Å². The number of carbonyl (C=O) groups is 1. The topological polar surface area (TPSA) is 95.7 Å². The van der Waals surface area contributed by atoms with Crippen LogP contribution in [0.2, 0.25) is 0 Å². The van der Waals surface area contributed by atoms with Crippen molar-refractivity contribution in [1.29, 1.82) is 0 Å². The maximum absolute atomic E-state index is 12.3. The van der Waals surface area contributed by atoms with Gasteiger partial charge >= 0.3 is 0 Å². The van der Waals surface area contributed by atoms with Crippen LogP contribution in [0.25, 0.3) is 0 Å². The van der Waals surface area contributed by atoms with Crippen LogP contribution < -0.4 is 20.5 Å². The minimum absolute atomic E-state index is 0. The normalized spacial score (nSPS) is 14.7. The van der Waals surface area contributed by atoms with Crippen LogP contribution in [0.15, 0.2) is 42.6 Å². The molecule has 9 heteroatoms. The molecule has 0 spiro atoms. The van der Waals surface area contributed by atoms with Crippen LogP contribution in [0, 0.1) is 5.92 Å². The lowest BCUT2D eigenvalue weighted by Gasteiger charge is -2.26. The molecule has 3 rings (SSSR count). The summed E-state index contributed by atoms with van der Waals surface area (Å²) in [7, 11) is 1.61. The van der Waals surface area contributed by atoms with Crippen molar-refractivity contribution in [2.24, 2.45) is 11.7 Å². The molecule has 29 heavy (non-hydrogen) atoms. The Morgan fingerprint density at radius 1 is 1.21 bits per heavy atom. The lowest BCUT2D eigenvalue weighted by atomic mass is 9.92. The number of halogens is 2. The second kappa shape index (κ2) is 12.5. The van der Waals surface area contributed by atoms with Crippen LogP contribution in [0.1, 0.15) is 18.4 Å². The summed E-state index contributed by atoms with van der Waals surface area (Å²) in [6.07, 6.45) is 3.30. The molecule has 1 aromatic carbocycles. The summed E-state index contributed by atoms with van der Waals surface area (Å²) < 4.78 is 16.2. The van der Waals surface area contributed by atoms with E-state index in [1.807, 2.05) is 30.3 Å². The molecular weight excluding hydrogens is 417 g/mol. The number of pyridine rings is 1. The van der Waals surface area contributed by atoms with Crippen molar-refractivity contribution in [2.45, 2.75) is 25.4 Å². The van der Waals surface area contributed by atoms with E-state index in [1.54, 1.807) is 19.4 Å². The third kappa shape index (κ3) is 7.36. The molecule has 1 fully saturated rings. The molecule has 0 radical (unpaired) electrons. The molecule has 3 N–H and O–H groups in total. The SMILES string of the molecule is COc1ccc(Oc2cc(CNC(=O)C(N)C3CCOCC3)ccn2)cc1.Cl.Cl. The summed E-state index contributed by atoms with van der Waals surface area (Å²) in [5, 5.41) is 2.90. The highest BCUT2D eigenvalue weighted by molar-refractivity contribution is 5.85. The number of nitrogens with two attached hydrogens (primary N) is 1. The minimum Gasteiger partial charge on any atom is -0.497 e. The first-order chi connectivity index (χ1) is 13.2. The molecule has 1 amide bonds. The molecule has 1 unspecified atom stereocenters. The van der Waals surface area contributed by atoms with Crippen molar-refractivity contribution >= 4 is 30.7 Å². The van der Waals surface area contributed by atoms with E-state index >= 15 is 0 Å². The average Bonchev–Trinajstić information content (AvgIpc) is 2.73. The van der Waals surface area contributed by atoms with Gasteiger partial charge in [-0.2, -0.15) is 0 Å². The fourth-order valence-electron chi connectivity index (χ4n) is 2.98. The minimum atomic E-state index is -0.509. The van der Waals surface area contributed by atoms with Crippen molar-refractivity contribution in [3.05, 3.63) is 48.2 Å². The largest absolute Gasteiger partial charge is 0.497 e. The summed E-state index contributed by atoms with van der Waals surface area (Å²) in [4.78, 5) is 16.5. The number of aromatic nitrogens is 1. The zero-order valence-electron chi connectivity index (χ0n) is 16.2. The van der Waals surface area contributed by atoms with Gasteiger partial charge in [0.2, 0.25) is 11.8 Å². The molecule has 1 atom stereocenters. The zero-order chi connectivity index (χ0) is 19.1. The summed E-state index contributed by atoms with van der Waals surface area (Å²) in [6.45, 7) is 1.71. The number of ether oxygens (including phenoxy) is 3. The monoisotopic (exact) mass is 443 g/mol. The second-order valence-corrected chi connectivity index (χ2v) is 6.47. The first kappa shape index (κ1) is 25.0. The molecule has 160 valence electrons. The Balaban J connectivity index is 0.00000210. The number of amides is 1. The summed E-state index contributed by atoms with van der Waals surface area (Å²) in [5.41, 5.74) is 6.99. The predicted molar refractivity (Wildman–Crippen MR) is 115 cm³/mol. The lowest BCUT2D eigenvalue weighted by molar-refractivity contribution is -0.124. The van der Waals surface area contributed by atoms with Gasteiger partial charge in [-0.1, -0.05) is 0 Å². The fraction of sp³-hybridized carbons (Fsp3) is 0.400. The highest BCUT2D eigenvalue weighted by Crippen LogP contribution is 2.23. The number of rotatable bonds is 7. The van der Waals surface area contributed by atoms with Crippen molar-refractivity contribution in [3.63, 3.8) is 0 Å². The molecule has 1 aliphatic heterocycles. The number of nitrogens with zero attached hydrogens (tertiary/aromatic N) is 1. The molecule has 1 aromatic heterocycles. The standard InChI is InChI=1S/C20H25N3O4.2ClH/c1-25-16-2-4-17(5-3-16)27-18-12-14(6-9-22-18)13-23-20(24)19(21)15-7-10-26-11-8-15;;/h2-6,9,12,15,19H,7-8,10-11,13,21H2,1H3,(H,23,24);2*1H. The van der Waals surface area contributed by atoms with Crippen LogP contribution in [-0.4, -0.2) is 37.3 Å². The fourth-order valence-corrected chi connectivity index (χ4v) is 2.98. The third-order valence-corrected chi connectivity index (χ3v) is 4.62. The molecular formula is C20H27Cl2N3O4. The van der Waals surface area contributed by atoms with Crippen LogP contribution in [-0.2, 0) is 16.1 Å². The lowest BCUT2D eigenvalue weighted by Crippen LogP contribution is -2.46. The van der Waals surface area contributed by atoms with Gasteiger partial charge < -0.3 is 25.3 Å². The van der Waals surface area contributed by atoms with Crippen molar-refractivity contribution in [2.75, 3.05) is 20.3 Å². The first-order valence-electron chi connectivity index (χ1n) is 9.03. The van der Waals surface area contributed by atoms with Crippen LogP contribution in [0.3, 0.4) is 0 Å². The zero-order valence-corrected chi connectivity index (χ0v) is 17.8. The van der Waals surface area contributed by atoms with Crippen LogP contribution >= 0.6 is 24.8 Å². The summed E-state index contributed by atoms with van der Waals surface area (Å²) in [6, 6.07) is 10.4. The number of nitrogens with one attached hydrogen (secondary N) is 1. The van der Waals surface area contributed by atoms with Crippen molar-refractivity contribution < 1.29 is 19.0 Å². The number of hydrogen-bond donors (Lipinski definition) is 2. The number of methoxy groups -OCH3 is 1. The molecule has 0 saturated carbocycles. The Hall–Kier alpha value is -2.06. The van der Waals surface area contributed by atoms with Gasteiger partial charge in [-0.15, -0.1) is 24.8 Å². The highest BCUT2D eigenvalue weighted by Gasteiger charge is 2.26. The molecule has 7 nitrogen and oxygen atoms in total. The van der Waals surface area contributed by atoms with Gasteiger partial charge in [-0.25, -0.2) is 4.98 Å². The van der Waals surface area contributed by atoms with Crippen molar-refractivity contribution in [3.8, 4) is 17.4 Å². The third-order valence-electron chi connectivity index (χ3n) is 4.62. The number of benzene rings is 1. The second-order valence-electron chi connectivity index (χ2n) is 6.47. The van der Waals surface area contributed by atoms with Gasteiger partial charge in [-0.3, -0.25) is 4.79 Å². The number of carbonyl (C=O) groups excluding carboxylic acids is 1. The van der Waals surface area contributed by atoms with Gasteiger partial charge in [0.05, 0.1) is 13.2 Å². The molecule has 1 saturated heterocycles. The molecule has 0 bridgehead atoms. The van der Waals surface area contributed by atoms with Gasteiger partial charge in [0, 0.05) is 32.0 Å². The summed E-state index contributed by atoms with van der Waals surface area (Å²) in [5.74, 6) is 1.90. The first-order valence-corrected chi connectivity index (χ1v) is 9.03. The van der Waals surface area contributed by atoms with E-state index in [4.69, 9.17) is 19.9 Å². The van der Waals surface area contributed by atoms with Crippen LogP contribution in [0.4, 0.5) is 0 Å². The van der Waals surface area contributed by atoms with E-state index in [9.17, 15) is 4.79 Å². The van der Waals surface area contributed by atoms with Gasteiger partial charge in [0.15, 0.2) is 0 Å². The maximum atomic E-state index is 12.3. The van der Waals surface area contributed by atoms with E-state index in [0.717, 1.165) is 24.2 Å². The van der Waals surface area contributed by atoms with E-state index < -0.39 is 6.04 Å². The Bertz CT molecular complexity index is 756. The molecule has 2 heterocycles. The summed E-state index contributed by atoms with van der Waals surface area (Å²) >= 11 is 0.